The molecule has 4 heterocycles. The van der Waals surface area contributed by atoms with Crippen molar-refractivity contribution < 1.29 is 9.59 Å². The summed E-state index contributed by atoms with van der Waals surface area (Å²) in [5.74, 6) is -0.435. The van der Waals surface area contributed by atoms with Gasteiger partial charge >= 0.3 is 0 Å². The van der Waals surface area contributed by atoms with E-state index in [1.807, 2.05) is 48.8 Å². The molecule has 2 fully saturated rings. The van der Waals surface area contributed by atoms with Crippen molar-refractivity contribution in [1.29, 1.82) is 0 Å². The average Bonchev–Trinajstić information content (AvgIpc) is 3.55. The van der Waals surface area contributed by atoms with Crippen molar-refractivity contribution in [3.8, 4) is 0 Å². The van der Waals surface area contributed by atoms with Crippen LogP contribution in [0.1, 0.15) is 30.6 Å². The highest BCUT2D eigenvalue weighted by atomic mass is 32.1. The third kappa shape index (κ3) is 3.73. The van der Waals surface area contributed by atoms with Crippen LogP contribution in [0.25, 0.3) is 5.57 Å². The van der Waals surface area contributed by atoms with Crippen LogP contribution in [-0.4, -0.2) is 67.9 Å². The number of rotatable bonds is 5. The number of benzene rings is 1. The smallest absolute Gasteiger partial charge is 0.282 e. The molecule has 2 aromatic rings. The lowest BCUT2D eigenvalue weighted by atomic mass is 10.0. The van der Waals surface area contributed by atoms with Gasteiger partial charge in [-0.3, -0.25) is 9.59 Å². The van der Waals surface area contributed by atoms with E-state index in [1.54, 1.807) is 0 Å². The van der Waals surface area contributed by atoms with Gasteiger partial charge in [0.1, 0.15) is 5.70 Å². The highest BCUT2D eigenvalue weighted by Crippen LogP contribution is 2.38. The number of amides is 2. The van der Waals surface area contributed by atoms with Gasteiger partial charge in [-0.15, -0.1) is 11.3 Å². The average molecular weight is 451 g/mol. The molecule has 0 N–H and O–H groups in total. The van der Waals surface area contributed by atoms with Gasteiger partial charge in [-0.25, -0.2) is 4.90 Å². The van der Waals surface area contributed by atoms with E-state index in [9.17, 15) is 9.59 Å². The highest BCUT2D eigenvalue weighted by molar-refractivity contribution is 7.11. The predicted molar refractivity (Wildman–Crippen MR) is 130 cm³/mol. The molecule has 1 aromatic heterocycles. The van der Waals surface area contributed by atoms with Crippen LogP contribution in [0, 0.1) is 0 Å². The Kier molecular flexibility index (Phi) is 5.78. The molecule has 0 bridgehead atoms. The van der Waals surface area contributed by atoms with Crippen LogP contribution in [0.3, 0.4) is 0 Å². The lowest BCUT2D eigenvalue weighted by Crippen LogP contribution is -2.43. The number of carbonyl (C=O) groups excluding carboxylic acids is 2. The molecule has 0 spiro atoms. The van der Waals surface area contributed by atoms with E-state index >= 15 is 0 Å². The van der Waals surface area contributed by atoms with Crippen molar-refractivity contribution in [2.75, 3.05) is 50.1 Å². The van der Waals surface area contributed by atoms with Crippen molar-refractivity contribution in [2.24, 2.45) is 0 Å². The highest BCUT2D eigenvalue weighted by Gasteiger charge is 2.43. The van der Waals surface area contributed by atoms with E-state index in [0.717, 1.165) is 49.6 Å². The van der Waals surface area contributed by atoms with Crippen LogP contribution >= 0.6 is 11.3 Å². The van der Waals surface area contributed by atoms with E-state index in [0.29, 0.717) is 17.0 Å². The van der Waals surface area contributed by atoms with Crippen LogP contribution in [0.15, 0.2) is 47.5 Å². The lowest BCUT2D eigenvalue weighted by molar-refractivity contribution is -0.120. The topological polar surface area (TPSA) is 47.1 Å². The Morgan fingerprint density at radius 1 is 0.906 bits per heavy atom. The van der Waals surface area contributed by atoms with Crippen LogP contribution in [-0.2, 0) is 9.59 Å². The number of carbonyl (C=O) groups is 2. The van der Waals surface area contributed by atoms with Gasteiger partial charge in [0.15, 0.2) is 0 Å². The fraction of sp³-hybridized carbons (Fsp3) is 0.440. The number of nitrogens with zero attached hydrogens (tertiary/aromatic N) is 4. The molecule has 0 unspecified atom stereocenters. The standard InChI is InChI=1S/C25H30N4O2S/c1-26-15-11-18(12-16-26)27(2)23-22(21-6-5-17-32-21)24(30)29(25(23)31)20-9-7-19(8-10-20)28-13-3-4-14-28/h5-10,17-18H,3-4,11-16H2,1-2H3. The molecular weight excluding hydrogens is 420 g/mol. The number of hydrogen-bond donors (Lipinski definition) is 0. The second-order valence-corrected chi connectivity index (χ2v) is 9.95. The molecule has 3 aliphatic rings. The fourth-order valence-electron chi connectivity index (χ4n) is 5.08. The zero-order chi connectivity index (χ0) is 22.2. The summed E-state index contributed by atoms with van der Waals surface area (Å²) in [6, 6.07) is 12.0. The Morgan fingerprint density at radius 2 is 1.56 bits per heavy atom. The van der Waals surface area contributed by atoms with Crippen molar-refractivity contribution >= 4 is 40.1 Å². The zero-order valence-electron chi connectivity index (χ0n) is 18.8. The Labute approximate surface area is 193 Å². The summed E-state index contributed by atoms with van der Waals surface area (Å²) in [5, 5.41) is 1.96. The van der Waals surface area contributed by atoms with Gasteiger partial charge in [0.2, 0.25) is 0 Å². The van der Waals surface area contributed by atoms with Crippen molar-refractivity contribution in [1.82, 2.24) is 9.80 Å². The summed E-state index contributed by atoms with van der Waals surface area (Å²) < 4.78 is 0. The minimum Gasteiger partial charge on any atom is -0.372 e. The van der Waals surface area contributed by atoms with Gasteiger partial charge in [-0.2, -0.15) is 0 Å². The summed E-state index contributed by atoms with van der Waals surface area (Å²) in [6.07, 6.45) is 4.40. The third-order valence-corrected chi connectivity index (χ3v) is 7.88. The monoisotopic (exact) mass is 450 g/mol. The number of hydrogen-bond acceptors (Lipinski definition) is 6. The first-order valence-electron chi connectivity index (χ1n) is 11.5. The van der Waals surface area contributed by atoms with E-state index in [1.165, 1.54) is 29.1 Å². The normalized spacial score (nSPS) is 20.7. The van der Waals surface area contributed by atoms with Gasteiger partial charge in [0.05, 0.1) is 11.3 Å². The Morgan fingerprint density at radius 3 is 2.19 bits per heavy atom. The number of piperidine rings is 1. The quantitative estimate of drug-likeness (QED) is 0.651. The minimum atomic E-state index is -0.221. The van der Waals surface area contributed by atoms with Crippen molar-refractivity contribution in [3.05, 3.63) is 52.4 Å². The van der Waals surface area contributed by atoms with E-state index < -0.39 is 0 Å². The maximum Gasteiger partial charge on any atom is 0.282 e. The molecule has 2 saturated heterocycles. The molecular formula is C25H30N4O2S. The number of thiophene rings is 1. The molecule has 0 aliphatic carbocycles. The molecule has 1 aromatic carbocycles. The van der Waals surface area contributed by atoms with Crippen LogP contribution in [0.4, 0.5) is 11.4 Å². The van der Waals surface area contributed by atoms with Crippen molar-refractivity contribution in [2.45, 2.75) is 31.7 Å². The summed E-state index contributed by atoms with van der Waals surface area (Å²) in [6.45, 7) is 4.13. The van der Waals surface area contributed by atoms with Gasteiger partial charge in [-0.05, 0) is 81.5 Å². The second kappa shape index (κ2) is 8.71. The summed E-state index contributed by atoms with van der Waals surface area (Å²) >= 11 is 1.51. The first kappa shape index (κ1) is 21.2. The third-order valence-electron chi connectivity index (χ3n) is 6.99. The summed E-state index contributed by atoms with van der Waals surface area (Å²) in [4.78, 5) is 36.3. The van der Waals surface area contributed by atoms with Crippen molar-refractivity contribution in [3.63, 3.8) is 0 Å². The number of likely N-dealkylation sites (tertiary alicyclic amines) is 1. The van der Waals surface area contributed by atoms with E-state index in [2.05, 4.69) is 21.7 Å². The Hall–Kier alpha value is -2.64. The molecule has 168 valence electrons. The maximum absolute atomic E-state index is 13.7. The summed E-state index contributed by atoms with van der Waals surface area (Å²) in [7, 11) is 4.11. The zero-order valence-corrected chi connectivity index (χ0v) is 19.6. The Balaban J connectivity index is 1.47. The molecule has 5 rings (SSSR count). The second-order valence-electron chi connectivity index (χ2n) is 9.00. The molecule has 7 heteroatoms. The molecule has 0 radical (unpaired) electrons. The molecule has 0 atom stereocenters. The SMILES string of the molecule is CN1CCC(N(C)C2=C(c3cccs3)C(=O)N(c3ccc(N4CCCC4)cc3)C2=O)CC1. The molecule has 0 saturated carbocycles. The first-order chi connectivity index (χ1) is 15.5. The van der Waals surface area contributed by atoms with Crippen LogP contribution in [0.2, 0.25) is 0 Å². The van der Waals surface area contributed by atoms with Crippen LogP contribution in [0.5, 0.6) is 0 Å². The molecule has 6 nitrogen and oxygen atoms in total. The maximum atomic E-state index is 13.7. The fourth-order valence-corrected chi connectivity index (χ4v) is 5.84. The van der Waals surface area contributed by atoms with E-state index in [-0.39, 0.29) is 17.9 Å². The number of anilines is 2. The Bertz CT molecular complexity index is 1020. The summed E-state index contributed by atoms with van der Waals surface area (Å²) in [5.41, 5.74) is 2.87. The minimum absolute atomic E-state index is 0.214. The van der Waals surface area contributed by atoms with Gasteiger partial charge < -0.3 is 14.7 Å². The largest absolute Gasteiger partial charge is 0.372 e. The molecule has 2 amide bonds. The van der Waals surface area contributed by atoms with Crippen LogP contribution < -0.4 is 9.80 Å². The van der Waals surface area contributed by atoms with E-state index in [4.69, 9.17) is 0 Å². The van der Waals surface area contributed by atoms with Gasteiger partial charge in [0, 0.05) is 36.7 Å². The number of imide groups is 1. The first-order valence-corrected chi connectivity index (χ1v) is 12.4. The molecule has 3 aliphatic heterocycles. The lowest BCUT2D eigenvalue weighted by Gasteiger charge is -2.36. The van der Waals surface area contributed by atoms with Gasteiger partial charge in [0.25, 0.3) is 11.8 Å². The van der Waals surface area contributed by atoms with Gasteiger partial charge in [-0.1, -0.05) is 6.07 Å². The number of likely N-dealkylation sites (N-methyl/N-ethyl adjacent to an activating group) is 1. The molecule has 32 heavy (non-hydrogen) atoms. The predicted octanol–water partition coefficient (Wildman–Crippen LogP) is 3.66.